The van der Waals surface area contributed by atoms with Gasteiger partial charge in [-0.1, -0.05) is 0 Å². The number of carbonyl (C=O) groups excluding carboxylic acids is 3. The third-order valence-corrected chi connectivity index (χ3v) is 3.69. The zero-order chi connectivity index (χ0) is 18.9. The summed E-state index contributed by atoms with van der Waals surface area (Å²) in [6, 6.07) is 5.11. The number of amides is 1. The van der Waals surface area contributed by atoms with Gasteiger partial charge in [0.15, 0.2) is 18.3 Å². The van der Waals surface area contributed by atoms with Crippen molar-refractivity contribution < 1.29 is 33.0 Å². The highest BCUT2D eigenvalue weighted by molar-refractivity contribution is 7.13. The maximum Gasteiger partial charge on any atom is 0.344 e. The molecule has 8 nitrogen and oxygen atoms in total. The summed E-state index contributed by atoms with van der Waals surface area (Å²) in [6.07, 6.45) is -0.00141. The Labute approximate surface area is 151 Å². The molecular formula is C16H15FN2O6S. The van der Waals surface area contributed by atoms with Gasteiger partial charge < -0.3 is 14.2 Å². The van der Waals surface area contributed by atoms with E-state index in [1.54, 1.807) is 5.38 Å². The van der Waals surface area contributed by atoms with Gasteiger partial charge in [-0.25, -0.2) is 14.2 Å². The van der Waals surface area contributed by atoms with Crippen LogP contribution >= 0.6 is 11.3 Å². The Kier molecular flexibility index (Phi) is 7.03. The topological polar surface area (TPSA) is 104 Å². The first-order valence-corrected chi connectivity index (χ1v) is 8.19. The average Bonchev–Trinajstić information content (AvgIpc) is 3.06. The van der Waals surface area contributed by atoms with Crippen LogP contribution in [-0.4, -0.2) is 43.2 Å². The maximum atomic E-state index is 12.7. The predicted octanol–water partition coefficient (Wildman–Crippen LogP) is 1.56. The molecule has 0 aliphatic carbocycles. The van der Waals surface area contributed by atoms with Crippen LogP contribution in [0, 0.1) is 5.82 Å². The normalized spacial score (nSPS) is 10.1. The highest BCUT2D eigenvalue weighted by Gasteiger charge is 2.12. The van der Waals surface area contributed by atoms with Crippen molar-refractivity contribution in [3.05, 3.63) is 41.2 Å². The van der Waals surface area contributed by atoms with Crippen LogP contribution in [-0.2, 0) is 30.3 Å². The number of rotatable bonds is 8. The number of aromatic nitrogens is 1. The van der Waals surface area contributed by atoms with E-state index in [0.29, 0.717) is 11.4 Å². The van der Waals surface area contributed by atoms with Crippen LogP contribution in [0.4, 0.5) is 9.52 Å². The quantitative estimate of drug-likeness (QED) is 0.691. The number of carbonyl (C=O) groups is 3. The minimum absolute atomic E-state index is 0.00141. The summed E-state index contributed by atoms with van der Waals surface area (Å²) in [5, 5.41) is 4.32. The average molecular weight is 382 g/mol. The van der Waals surface area contributed by atoms with Gasteiger partial charge in [0.05, 0.1) is 19.2 Å². The standard InChI is InChI=1S/C16H15FN2O6S/c1-23-14(21)6-11-9-26-16(18-11)19-13(20)7-25-15(22)8-24-12-4-2-10(17)3-5-12/h2-5,9H,6-8H2,1H3,(H,18,19,20). The molecule has 26 heavy (non-hydrogen) atoms. The van der Waals surface area contributed by atoms with E-state index in [1.807, 2.05) is 0 Å². The summed E-state index contributed by atoms with van der Waals surface area (Å²) in [5.74, 6) is -1.90. The number of thiazole rings is 1. The van der Waals surface area contributed by atoms with E-state index in [1.165, 1.54) is 31.4 Å². The summed E-state index contributed by atoms with van der Waals surface area (Å²) in [7, 11) is 1.27. The largest absolute Gasteiger partial charge is 0.482 e. The predicted molar refractivity (Wildman–Crippen MR) is 89.3 cm³/mol. The number of hydrogen-bond donors (Lipinski definition) is 1. The molecule has 0 bridgehead atoms. The monoisotopic (exact) mass is 382 g/mol. The molecule has 0 spiro atoms. The molecule has 1 heterocycles. The van der Waals surface area contributed by atoms with E-state index in [0.717, 1.165) is 11.3 Å². The summed E-state index contributed by atoms with van der Waals surface area (Å²) in [6.45, 7) is -0.934. The number of esters is 2. The van der Waals surface area contributed by atoms with Crippen molar-refractivity contribution >= 4 is 34.3 Å². The van der Waals surface area contributed by atoms with Crippen LogP contribution in [0.1, 0.15) is 5.69 Å². The van der Waals surface area contributed by atoms with E-state index in [9.17, 15) is 18.8 Å². The summed E-state index contributed by atoms with van der Waals surface area (Å²) in [4.78, 5) is 38.4. The number of hydrogen-bond acceptors (Lipinski definition) is 8. The lowest BCUT2D eigenvalue weighted by Gasteiger charge is -2.06. The lowest BCUT2D eigenvalue weighted by atomic mass is 10.3. The Balaban J connectivity index is 1.70. The van der Waals surface area contributed by atoms with Crippen LogP contribution in [0.25, 0.3) is 0 Å². The molecule has 10 heteroatoms. The number of benzene rings is 1. The van der Waals surface area contributed by atoms with Crippen molar-refractivity contribution in [1.29, 1.82) is 0 Å². The lowest BCUT2D eigenvalue weighted by molar-refractivity contribution is -0.149. The Morgan fingerprint density at radius 2 is 1.88 bits per heavy atom. The molecule has 0 radical (unpaired) electrons. The van der Waals surface area contributed by atoms with Crippen molar-refractivity contribution in [2.75, 3.05) is 25.6 Å². The van der Waals surface area contributed by atoms with Gasteiger partial charge in [0.2, 0.25) is 0 Å². The Bertz CT molecular complexity index is 777. The lowest BCUT2D eigenvalue weighted by Crippen LogP contribution is -2.23. The summed E-state index contributed by atoms with van der Waals surface area (Å²) < 4.78 is 27.1. The Hall–Kier alpha value is -3.01. The summed E-state index contributed by atoms with van der Waals surface area (Å²) >= 11 is 1.13. The fourth-order valence-electron chi connectivity index (χ4n) is 1.68. The van der Waals surface area contributed by atoms with E-state index in [4.69, 9.17) is 9.47 Å². The van der Waals surface area contributed by atoms with Crippen LogP contribution in [0.5, 0.6) is 5.75 Å². The van der Waals surface area contributed by atoms with Gasteiger partial charge >= 0.3 is 11.9 Å². The van der Waals surface area contributed by atoms with Crippen molar-refractivity contribution in [3.63, 3.8) is 0 Å². The van der Waals surface area contributed by atoms with Gasteiger partial charge in [-0.2, -0.15) is 0 Å². The van der Waals surface area contributed by atoms with Gasteiger partial charge in [0.1, 0.15) is 11.6 Å². The molecule has 0 unspecified atom stereocenters. The van der Waals surface area contributed by atoms with Gasteiger partial charge in [-0.3, -0.25) is 14.9 Å². The molecule has 2 aromatic rings. The molecule has 1 amide bonds. The second kappa shape index (κ2) is 9.47. The number of nitrogens with zero attached hydrogens (tertiary/aromatic N) is 1. The van der Waals surface area contributed by atoms with Crippen LogP contribution in [0.2, 0.25) is 0 Å². The van der Waals surface area contributed by atoms with E-state index in [2.05, 4.69) is 15.0 Å². The highest BCUT2D eigenvalue weighted by Crippen LogP contribution is 2.16. The molecule has 138 valence electrons. The number of nitrogens with one attached hydrogen (secondary N) is 1. The molecule has 0 aliphatic heterocycles. The SMILES string of the molecule is COC(=O)Cc1csc(NC(=O)COC(=O)COc2ccc(F)cc2)n1. The number of anilines is 1. The Morgan fingerprint density at radius 3 is 2.58 bits per heavy atom. The van der Waals surface area contributed by atoms with Gasteiger partial charge in [0, 0.05) is 5.38 Å². The smallest absolute Gasteiger partial charge is 0.344 e. The third kappa shape index (κ3) is 6.48. The van der Waals surface area contributed by atoms with Crippen LogP contribution in [0.3, 0.4) is 0 Å². The van der Waals surface area contributed by atoms with Crippen LogP contribution in [0.15, 0.2) is 29.6 Å². The molecular weight excluding hydrogens is 367 g/mol. The zero-order valence-corrected chi connectivity index (χ0v) is 14.5. The summed E-state index contributed by atoms with van der Waals surface area (Å²) in [5.41, 5.74) is 0.460. The van der Waals surface area contributed by atoms with E-state index in [-0.39, 0.29) is 11.6 Å². The van der Waals surface area contributed by atoms with Gasteiger partial charge in [0.25, 0.3) is 5.91 Å². The Morgan fingerprint density at radius 1 is 1.15 bits per heavy atom. The molecule has 1 aromatic carbocycles. The molecule has 0 fully saturated rings. The van der Waals surface area contributed by atoms with Crippen molar-refractivity contribution in [3.8, 4) is 5.75 Å². The number of methoxy groups -OCH3 is 1. The van der Waals surface area contributed by atoms with Gasteiger partial charge in [-0.05, 0) is 24.3 Å². The minimum Gasteiger partial charge on any atom is -0.482 e. The fourth-order valence-corrected chi connectivity index (χ4v) is 2.41. The molecule has 0 saturated heterocycles. The van der Waals surface area contributed by atoms with Crippen molar-refractivity contribution in [1.82, 2.24) is 4.98 Å². The maximum absolute atomic E-state index is 12.7. The second-order valence-corrected chi connectivity index (χ2v) is 5.71. The first kappa shape index (κ1) is 19.3. The molecule has 0 saturated carbocycles. The van der Waals surface area contributed by atoms with E-state index < -0.39 is 36.9 Å². The molecule has 0 atom stereocenters. The second-order valence-electron chi connectivity index (χ2n) is 4.85. The fraction of sp³-hybridized carbons (Fsp3) is 0.250. The highest BCUT2D eigenvalue weighted by atomic mass is 32.1. The zero-order valence-electron chi connectivity index (χ0n) is 13.7. The molecule has 1 aromatic heterocycles. The number of ether oxygens (including phenoxy) is 3. The molecule has 2 rings (SSSR count). The van der Waals surface area contributed by atoms with Crippen LogP contribution < -0.4 is 10.1 Å². The molecule has 1 N–H and O–H groups in total. The van der Waals surface area contributed by atoms with Crippen molar-refractivity contribution in [2.24, 2.45) is 0 Å². The van der Waals surface area contributed by atoms with Crippen molar-refractivity contribution in [2.45, 2.75) is 6.42 Å². The van der Waals surface area contributed by atoms with Gasteiger partial charge in [-0.15, -0.1) is 11.3 Å². The first-order valence-electron chi connectivity index (χ1n) is 7.31. The molecule has 0 aliphatic rings. The number of halogens is 1. The first-order chi connectivity index (χ1) is 12.5. The minimum atomic E-state index is -0.755. The van der Waals surface area contributed by atoms with E-state index >= 15 is 0 Å². The third-order valence-electron chi connectivity index (χ3n) is 2.89.